The summed E-state index contributed by atoms with van der Waals surface area (Å²) in [6.07, 6.45) is -0.326. The van der Waals surface area contributed by atoms with Crippen molar-refractivity contribution in [2.24, 2.45) is 0 Å². The summed E-state index contributed by atoms with van der Waals surface area (Å²) in [5.41, 5.74) is 0.191. The third-order valence-electron chi connectivity index (χ3n) is 2.89. The summed E-state index contributed by atoms with van der Waals surface area (Å²) in [6, 6.07) is -0.339. The van der Waals surface area contributed by atoms with Crippen molar-refractivity contribution in [3.63, 3.8) is 0 Å². The second kappa shape index (κ2) is 10.0. The van der Waals surface area contributed by atoms with Crippen LogP contribution in [0.4, 0.5) is 13.2 Å². The standard InChI is InChI=1S/C14H18ClF3N4O3/c1-2-9(21-12(24)10-7-20-13(15)22-10)6-19-11(23)4-3-5-25-8-14(16,17)18/h3-4,7,9H,2,5-6,8H2,1H3,(H,19,23)(H,20,22)(H,21,24)/b4-3+/t9-/m1/s1. The van der Waals surface area contributed by atoms with Gasteiger partial charge in [0.1, 0.15) is 12.3 Å². The topological polar surface area (TPSA) is 96.1 Å². The number of nitrogens with zero attached hydrogens (tertiary/aromatic N) is 1. The summed E-state index contributed by atoms with van der Waals surface area (Å²) in [7, 11) is 0. The van der Waals surface area contributed by atoms with Crippen LogP contribution in [0.25, 0.3) is 0 Å². The molecule has 0 radical (unpaired) electrons. The molecule has 0 aromatic carbocycles. The van der Waals surface area contributed by atoms with Crippen molar-refractivity contribution >= 4 is 23.4 Å². The molecule has 0 spiro atoms. The molecule has 1 aromatic heterocycles. The Bertz CT molecular complexity index is 604. The number of rotatable bonds is 9. The molecule has 0 aliphatic rings. The van der Waals surface area contributed by atoms with E-state index in [-0.39, 0.29) is 30.2 Å². The molecule has 140 valence electrons. The van der Waals surface area contributed by atoms with Gasteiger partial charge < -0.3 is 20.4 Å². The number of imidazole rings is 1. The van der Waals surface area contributed by atoms with Crippen LogP contribution < -0.4 is 10.6 Å². The van der Waals surface area contributed by atoms with Gasteiger partial charge in [0, 0.05) is 18.7 Å². The number of amides is 2. The lowest BCUT2D eigenvalue weighted by molar-refractivity contribution is -0.171. The molecule has 25 heavy (non-hydrogen) atoms. The minimum atomic E-state index is -4.40. The highest BCUT2D eigenvalue weighted by molar-refractivity contribution is 6.28. The summed E-state index contributed by atoms with van der Waals surface area (Å²) in [6.45, 7) is 0.260. The quantitative estimate of drug-likeness (QED) is 0.448. The van der Waals surface area contributed by atoms with E-state index in [1.165, 1.54) is 12.3 Å². The van der Waals surface area contributed by atoms with E-state index in [9.17, 15) is 22.8 Å². The van der Waals surface area contributed by atoms with E-state index in [1.807, 2.05) is 6.92 Å². The average molecular weight is 383 g/mol. The third-order valence-corrected chi connectivity index (χ3v) is 3.08. The van der Waals surface area contributed by atoms with E-state index >= 15 is 0 Å². The summed E-state index contributed by atoms with van der Waals surface area (Å²) >= 11 is 5.59. The maximum absolute atomic E-state index is 11.9. The van der Waals surface area contributed by atoms with E-state index in [0.29, 0.717) is 6.42 Å². The van der Waals surface area contributed by atoms with Crippen molar-refractivity contribution in [3.05, 3.63) is 29.3 Å². The highest BCUT2D eigenvalue weighted by Crippen LogP contribution is 2.14. The van der Waals surface area contributed by atoms with Gasteiger partial charge in [0.2, 0.25) is 11.2 Å². The predicted octanol–water partition coefficient (Wildman–Crippen LogP) is 1.82. The Labute approximate surface area is 147 Å². The highest BCUT2D eigenvalue weighted by atomic mass is 35.5. The predicted molar refractivity (Wildman–Crippen MR) is 84.2 cm³/mol. The Morgan fingerprint density at radius 2 is 2.20 bits per heavy atom. The van der Waals surface area contributed by atoms with Crippen LogP contribution in [-0.2, 0) is 9.53 Å². The average Bonchev–Trinajstić information content (AvgIpc) is 2.96. The lowest BCUT2D eigenvalue weighted by Crippen LogP contribution is -2.43. The molecule has 11 heteroatoms. The molecule has 1 aromatic rings. The van der Waals surface area contributed by atoms with E-state index in [4.69, 9.17) is 11.6 Å². The van der Waals surface area contributed by atoms with Crippen LogP contribution in [0.1, 0.15) is 23.8 Å². The first-order valence-electron chi connectivity index (χ1n) is 7.31. The molecule has 0 saturated carbocycles. The van der Waals surface area contributed by atoms with Crippen molar-refractivity contribution < 1.29 is 27.5 Å². The molecular formula is C14H18ClF3N4O3. The van der Waals surface area contributed by atoms with Gasteiger partial charge >= 0.3 is 6.18 Å². The minimum Gasteiger partial charge on any atom is -0.368 e. The van der Waals surface area contributed by atoms with Crippen molar-refractivity contribution in [2.75, 3.05) is 19.8 Å². The molecule has 3 N–H and O–H groups in total. The molecule has 1 rings (SSSR count). The molecule has 0 unspecified atom stereocenters. The van der Waals surface area contributed by atoms with Crippen molar-refractivity contribution in [2.45, 2.75) is 25.6 Å². The number of hydrogen-bond acceptors (Lipinski definition) is 4. The zero-order chi connectivity index (χ0) is 18.9. The Hall–Kier alpha value is -2.07. The number of aromatic amines is 1. The number of halogens is 4. The Morgan fingerprint density at radius 1 is 1.48 bits per heavy atom. The van der Waals surface area contributed by atoms with Crippen LogP contribution in [0.5, 0.6) is 0 Å². The Balaban J connectivity index is 2.31. The molecule has 2 amide bonds. The molecule has 0 aliphatic heterocycles. The highest BCUT2D eigenvalue weighted by Gasteiger charge is 2.26. The number of hydrogen-bond donors (Lipinski definition) is 3. The molecule has 0 saturated heterocycles. The molecule has 0 fully saturated rings. The summed E-state index contributed by atoms with van der Waals surface area (Å²) in [4.78, 5) is 29.7. The van der Waals surface area contributed by atoms with E-state index < -0.39 is 24.6 Å². The number of H-pyrrole nitrogens is 1. The number of alkyl halides is 3. The zero-order valence-corrected chi connectivity index (χ0v) is 14.1. The van der Waals surface area contributed by atoms with Crippen molar-refractivity contribution in [1.29, 1.82) is 0 Å². The Kier molecular flexibility index (Phi) is 8.42. The fourth-order valence-corrected chi connectivity index (χ4v) is 1.80. The zero-order valence-electron chi connectivity index (χ0n) is 13.3. The summed E-state index contributed by atoms with van der Waals surface area (Å²) < 4.78 is 39.9. The molecule has 7 nitrogen and oxygen atoms in total. The number of aromatic nitrogens is 2. The maximum atomic E-state index is 11.9. The van der Waals surface area contributed by atoms with Gasteiger partial charge in [-0.15, -0.1) is 0 Å². The summed E-state index contributed by atoms with van der Waals surface area (Å²) in [5, 5.41) is 5.31. The number of ether oxygens (including phenoxy) is 1. The van der Waals surface area contributed by atoms with E-state index in [2.05, 4.69) is 25.3 Å². The molecule has 0 aliphatic carbocycles. The molecule has 1 heterocycles. The van der Waals surface area contributed by atoms with Crippen LogP contribution in [0.3, 0.4) is 0 Å². The van der Waals surface area contributed by atoms with Crippen LogP contribution in [0.2, 0.25) is 5.28 Å². The number of carbonyl (C=O) groups excluding carboxylic acids is 2. The third kappa shape index (κ3) is 9.11. The van der Waals surface area contributed by atoms with Crippen LogP contribution >= 0.6 is 11.6 Å². The van der Waals surface area contributed by atoms with Gasteiger partial charge in [-0.1, -0.05) is 13.0 Å². The fraction of sp³-hybridized carbons (Fsp3) is 0.500. The molecular weight excluding hydrogens is 365 g/mol. The van der Waals surface area contributed by atoms with E-state index in [0.717, 1.165) is 6.08 Å². The van der Waals surface area contributed by atoms with Gasteiger partial charge in [0.05, 0.1) is 12.8 Å². The maximum Gasteiger partial charge on any atom is 0.411 e. The van der Waals surface area contributed by atoms with Crippen LogP contribution in [0, 0.1) is 0 Å². The Morgan fingerprint density at radius 3 is 2.76 bits per heavy atom. The smallest absolute Gasteiger partial charge is 0.368 e. The lowest BCUT2D eigenvalue weighted by atomic mass is 10.2. The van der Waals surface area contributed by atoms with Gasteiger partial charge in [-0.2, -0.15) is 13.2 Å². The second-order valence-corrected chi connectivity index (χ2v) is 5.30. The minimum absolute atomic E-state index is 0.0874. The fourth-order valence-electron chi connectivity index (χ4n) is 1.65. The first kappa shape index (κ1) is 21.0. The monoisotopic (exact) mass is 382 g/mol. The number of carbonyl (C=O) groups is 2. The second-order valence-electron chi connectivity index (χ2n) is 4.94. The number of nitrogens with one attached hydrogen (secondary N) is 3. The van der Waals surface area contributed by atoms with Gasteiger partial charge in [-0.25, -0.2) is 4.98 Å². The van der Waals surface area contributed by atoms with Gasteiger partial charge in [0.25, 0.3) is 5.91 Å². The van der Waals surface area contributed by atoms with Crippen molar-refractivity contribution in [1.82, 2.24) is 20.6 Å². The summed E-state index contributed by atoms with van der Waals surface area (Å²) in [5.74, 6) is -0.926. The van der Waals surface area contributed by atoms with Gasteiger partial charge in [0.15, 0.2) is 0 Å². The first-order valence-corrected chi connectivity index (χ1v) is 7.69. The van der Waals surface area contributed by atoms with Crippen molar-refractivity contribution in [3.8, 4) is 0 Å². The van der Waals surface area contributed by atoms with E-state index in [1.54, 1.807) is 0 Å². The normalized spacial score (nSPS) is 13.0. The lowest BCUT2D eigenvalue weighted by Gasteiger charge is -2.16. The largest absolute Gasteiger partial charge is 0.411 e. The van der Waals surface area contributed by atoms with Gasteiger partial charge in [-0.05, 0) is 18.0 Å². The molecule has 1 atom stereocenters. The van der Waals surface area contributed by atoms with Crippen LogP contribution in [-0.4, -0.2) is 53.8 Å². The first-order chi connectivity index (χ1) is 11.7. The SMILES string of the molecule is CC[C@H](CNC(=O)/C=C/COCC(F)(F)F)NC(=O)c1cnc(Cl)[nH]1. The molecule has 0 bridgehead atoms. The van der Waals surface area contributed by atoms with Gasteiger partial charge in [-0.3, -0.25) is 9.59 Å². The van der Waals surface area contributed by atoms with Crippen LogP contribution in [0.15, 0.2) is 18.3 Å².